The molecule has 90 valence electrons. The predicted octanol–water partition coefficient (Wildman–Crippen LogP) is 1.99. The van der Waals surface area contributed by atoms with E-state index in [9.17, 15) is 0 Å². The highest BCUT2D eigenvalue weighted by atomic mass is 16.5. The normalized spacial score (nSPS) is 10.2. The lowest BCUT2D eigenvalue weighted by Gasteiger charge is -2.23. The molecular weight excluding hydrogens is 202 g/mol. The average Bonchev–Trinajstić information content (AvgIpc) is 2.35. The van der Waals surface area contributed by atoms with Gasteiger partial charge in [0.05, 0.1) is 6.61 Å². The van der Waals surface area contributed by atoms with E-state index in [4.69, 9.17) is 4.74 Å². The van der Waals surface area contributed by atoms with Crippen LogP contribution in [0.1, 0.15) is 13.8 Å². The van der Waals surface area contributed by atoms with Gasteiger partial charge in [0.15, 0.2) is 0 Å². The molecule has 0 unspecified atom stereocenters. The van der Waals surface area contributed by atoms with Gasteiger partial charge in [-0.1, -0.05) is 0 Å². The summed E-state index contributed by atoms with van der Waals surface area (Å²) in [6.45, 7) is 7.59. The average molecular weight is 223 g/mol. The van der Waals surface area contributed by atoms with Crippen LogP contribution in [-0.2, 0) is 4.74 Å². The molecule has 0 saturated heterocycles. The Morgan fingerprint density at radius 1 is 1.44 bits per heavy atom. The van der Waals surface area contributed by atoms with Crippen LogP contribution < -0.4 is 10.2 Å². The minimum Gasteiger partial charge on any atom is -0.380 e. The van der Waals surface area contributed by atoms with Crippen LogP contribution in [0.2, 0.25) is 0 Å². The van der Waals surface area contributed by atoms with Crippen molar-refractivity contribution < 1.29 is 4.74 Å². The van der Waals surface area contributed by atoms with Crippen LogP contribution in [-0.4, -0.2) is 38.3 Å². The lowest BCUT2D eigenvalue weighted by atomic mass is 10.3. The number of hydrogen-bond donors (Lipinski definition) is 1. The van der Waals surface area contributed by atoms with Crippen molar-refractivity contribution in [2.75, 3.05) is 43.6 Å². The lowest BCUT2D eigenvalue weighted by molar-refractivity contribution is 0.154. The largest absolute Gasteiger partial charge is 0.380 e. The number of rotatable bonds is 7. The van der Waals surface area contributed by atoms with Crippen LogP contribution in [0.25, 0.3) is 0 Å². The van der Waals surface area contributed by atoms with Gasteiger partial charge in [-0.15, -0.1) is 0 Å². The van der Waals surface area contributed by atoms with Gasteiger partial charge in [-0.3, -0.25) is 0 Å². The van der Waals surface area contributed by atoms with Crippen molar-refractivity contribution in [2.45, 2.75) is 13.8 Å². The van der Waals surface area contributed by atoms with E-state index in [-0.39, 0.29) is 0 Å². The first-order valence-corrected chi connectivity index (χ1v) is 5.78. The van der Waals surface area contributed by atoms with Crippen molar-refractivity contribution in [3.05, 3.63) is 18.3 Å². The second-order valence-corrected chi connectivity index (χ2v) is 3.43. The topological polar surface area (TPSA) is 37.4 Å². The van der Waals surface area contributed by atoms with Gasteiger partial charge in [-0.05, 0) is 19.9 Å². The van der Waals surface area contributed by atoms with Crippen LogP contribution in [0.4, 0.5) is 11.5 Å². The Labute approximate surface area is 97.6 Å². The fourth-order valence-corrected chi connectivity index (χ4v) is 1.54. The first-order chi connectivity index (χ1) is 7.81. The quantitative estimate of drug-likeness (QED) is 0.717. The molecule has 1 rings (SSSR count). The van der Waals surface area contributed by atoms with Gasteiger partial charge in [-0.2, -0.15) is 0 Å². The molecule has 0 radical (unpaired) electrons. The number of nitrogens with one attached hydrogen (secondary N) is 1. The van der Waals surface area contributed by atoms with Crippen LogP contribution in [0.5, 0.6) is 0 Å². The number of likely N-dealkylation sites (N-methyl/N-ethyl adjacent to an activating group) is 1. The monoisotopic (exact) mass is 223 g/mol. The van der Waals surface area contributed by atoms with Crippen LogP contribution in [0, 0.1) is 0 Å². The van der Waals surface area contributed by atoms with Crippen molar-refractivity contribution in [1.29, 1.82) is 0 Å². The summed E-state index contributed by atoms with van der Waals surface area (Å²) in [6.07, 6.45) is 1.82. The molecule has 1 aromatic heterocycles. The molecule has 0 amide bonds. The second kappa shape index (κ2) is 7.06. The molecule has 1 N–H and O–H groups in total. The van der Waals surface area contributed by atoms with E-state index >= 15 is 0 Å². The van der Waals surface area contributed by atoms with Gasteiger partial charge in [0.1, 0.15) is 5.82 Å². The number of ether oxygens (including phenoxy) is 1. The van der Waals surface area contributed by atoms with Gasteiger partial charge in [-0.25, -0.2) is 4.98 Å². The molecule has 1 heterocycles. The molecule has 4 nitrogen and oxygen atoms in total. The van der Waals surface area contributed by atoms with Gasteiger partial charge >= 0.3 is 0 Å². The maximum Gasteiger partial charge on any atom is 0.127 e. The third kappa shape index (κ3) is 3.70. The molecule has 16 heavy (non-hydrogen) atoms. The van der Waals surface area contributed by atoms with Crippen LogP contribution in [0.3, 0.4) is 0 Å². The summed E-state index contributed by atoms with van der Waals surface area (Å²) in [6, 6.07) is 4.08. The summed E-state index contributed by atoms with van der Waals surface area (Å²) >= 11 is 0. The van der Waals surface area contributed by atoms with Crippen LogP contribution >= 0.6 is 0 Å². The highest BCUT2D eigenvalue weighted by Gasteiger charge is 2.04. The Balaban J connectivity index is 2.62. The number of pyridine rings is 1. The van der Waals surface area contributed by atoms with E-state index < -0.39 is 0 Å². The standard InChI is InChI=1S/C12H21N3O/c1-4-15(8-9-16-5-2)11-6-7-14-12(10-11)13-3/h6-7,10H,4-5,8-9H2,1-3H3,(H,13,14). The maximum absolute atomic E-state index is 5.37. The minimum absolute atomic E-state index is 0.765. The lowest BCUT2D eigenvalue weighted by Crippen LogP contribution is -2.27. The minimum atomic E-state index is 0.765. The van der Waals surface area contributed by atoms with Gasteiger partial charge < -0.3 is 15.0 Å². The fourth-order valence-electron chi connectivity index (χ4n) is 1.54. The first kappa shape index (κ1) is 12.8. The molecule has 0 aliphatic carbocycles. The maximum atomic E-state index is 5.37. The summed E-state index contributed by atoms with van der Waals surface area (Å²) in [5.41, 5.74) is 1.18. The molecule has 0 atom stereocenters. The Bertz CT molecular complexity index is 304. The van der Waals surface area contributed by atoms with E-state index in [1.807, 2.05) is 26.2 Å². The highest BCUT2D eigenvalue weighted by Crippen LogP contribution is 2.16. The van der Waals surface area contributed by atoms with E-state index in [1.54, 1.807) is 0 Å². The van der Waals surface area contributed by atoms with Crippen molar-refractivity contribution in [2.24, 2.45) is 0 Å². The summed E-state index contributed by atoms with van der Waals surface area (Å²) < 4.78 is 5.37. The molecule has 0 aliphatic heterocycles. The number of nitrogens with zero attached hydrogens (tertiary/aromatic N) is 2. The zero-order chi connectivity index (χ0) is 11.8. The fraction of sp³-hybridized carbons (Fsp3) is 0.583. The van der Waals surface area contributed by atoms with E-state index in [0.29, 0.717) is 0 Å². The smallest absolute Gasteiger partial charge is 0.127 e. The number of aromatic nitrogens is 1. The molecule has 1 aromatic rings. The molecule has 0 fully saturated rings. The Morgan fingerprint density at radius 3 is 2.88 bits per heavy atom. The summed E-state index contributed by atoms with van der Waals surface area (Å²) in [4.78, 5) is 6.48. The third-order valence-electron chi connectivity index (χ3n) is 2.46. The Morgan fingerprint density at radius 2 is 2.25 bits per heavy atom. The van der Waals surface area contributed by atoms with Crippen molar-refractivity contribution in [1.82, 2.24) is 4.98 Å². The molecule has 0 saturated carbocycles. The van der Waals surface area contributed by atoms with Gasteiger partial charge in [0, 0.05) is 44.7 Å². The summed E-state index contributed by atoms with van der Waals surface area (Å²) in [5, 5.41) is 3.04. The molecule has 0 spiro atoms. The number of hydrogen-bond acceptors (Lipinski definition) is 4. The summed E-state index contributed by atoms with van der Waals surface area (Å²) in [7, 11) is 1.88. The van der Waals surface area contributed by atoms with Crippen molar-refractivity contribution in [3.8, 4) is 0 Å². The molecular formula is C12H21N3O. The molecule has 0 bridgehead atoms. The Hall–Kier alpha value is -1.29. The SMILES string of the molecule is CCOCCN(CC)c1ccnc(NC)c1. The van der Waals surface area contributed by atoms with Gasteiger partial charge in [0.25, 0.3) is 0 Å². The first-order valence-electron chi connectivity index (χ1n) is 5.78. The molecule has 0 aliphatic rings. The van der Waals surface area contributed by atoms with Crippen molar-refractivity contribution in [3.63, 3.8) is 0 Å². The zero-order valence-electron chi connectivity index (χ0n) is 10.4. The third-order valence-corrected chi connectivity index (χ3v) is 2.46. The van der Waals surface area contributed by atoms with E-state index in [1.165, 1.54) is 5.69 Å². The highest BCUT2D eigenvalue weighted by molar-refractivity contribution is 5.53. The zero-order valence-corrected chi connectivity index (χ0v) is 10.4. The van der Waals surface area contributed by atoms with Crippen LogP contribution in [0.15, 0.2) is 18.3 Å². The predicted molar refractivity (Wildman–Crippen MR) is 68.2 cm³/mol. The Kier molecular flexibility index (Phi) is 5.64. The molecule has 4 heteroatoms. The number of anilines is 2. The van der Waals surface area contributed by atoms with E-state index in [2.05, 4.69) is 28.2 Å². The molecule has 0 aromatic carbocycles. The second-order valence-electron chi connectivity index (χ2n) is 3.43. The van der Waals surface area contributed by atoms with Gasteiger partial charge in [0.2, 0.25) is 0 Å². The van der Waals surface area contributed by atoms with E-state index in [0.717, 1.165) is 32.1 Å². The van der Waals surface area contributed by atoms with Crippen molar-refractivity contribution >= 4 is 11.5 Å². The summed E-state index contributed by atoms with van der Waals surface area (Å²) in [5.74, 6) is 0.896.